The molecule has 0 saturated carbocycles. The number of hydrogen-bond donors (Lipinski definition) is 1. The first-order chi connectivity index (χ1) is 11.5. The number of rotatable bonds is 5. The number of nitrogens with zero attached hydrogens (tertiary/aromatic N) is 2. The number of anilines is 1. The lowest BCUT2D eigenvalue weighted by atomic mass is 10.2. The Bertz CT molecular complexity index is 879. The van der Waals surface area contributed by atoms with Crippen molar-refractivity contribution in [3.63, 3.8) is 0 Å². The Hall–Kier alpha value is -2.57. The summed E-state index contributed by atoms with van der Waals surface area (Å²) in [4.78, 5) is 14.5. The number of nitrogens with one attached hydrogen (secondary N) is 1. The fraction of sp³-hybridized carbons (Fsp3) is 0.0625. The minimum absolute atomic E-state index is 0.0895. The molecule has 1 aromatic heterocycles. The zero-order valence-corrected chi connectivity index (χ0v) is 13.7. The van der Waals surface area contributed by atoms with Gasteiger partial charge in [0.1, 0.15) is 5.02 Å². The van der Waals surface area contributed by atoms with E-state index >= 15 is 0 Å². The topological polar surface area (TPSA) is 81.2 Å². The molecule has 0 atom stereocenters. The summed E-state index contributed by atoms with van der Waals surface area (Å²) in [5.74, 6) is 1.07. The summed E-state index contributed by atoms with van der Waals surface area (Å²) < 4.78 is 5.66. The molecule has 24 heavy (non-hydrogen) atoms. The molecule has 6 nitrogen and oxygen atoms in total. The Morgan fingerprint density at radius 2 is 1.92 bits per heavy atom. The van der Waals surface area contributed by atoms with Crippen molar-refractivity contribution >= 4 is 34.6 Å². The van der Waals surface area contributed by atoms with Gasteiger partial charge in [-0.25, -0.2) is 4.98 Å². The first-order valence-corrected chi connectivity index (χ1v) is 7.67. The third-order valence-electron chi connectivity index (χ3n) is 3.27. The van der Waals surface area contributed by atoms with Crippen molar-refractivity contribution in [2.45, 2.75) is 6.54 Å². The van der Waals surface area contributed by atoms with Crippen LogP contribution in [0.15, 0.2) is 53.1 Å². The summed E-state index contributed by atoms with van der Waals surface area (Å²) in [6.07, 6.45) is 1.62. The van der Waals surface area contributed by atoms with E-state index in [-0.39, 0.29) is 17.3 Å². The van der Waals surface area contributed by atoms with E-state index in [0.717, 1.165) is 5.56 Å². The number of hydrogen-bond acceptors (Lipinski definition) is 5. The minimum Gasteiger partial charge on any atom is -0.439 e. The standard InChI is InChI=1S/C16H11Cl2N3O3/c17-11-3-1-10(2-4-11)15-8-20-16(24-15)9-19-12-5-6-13(18)14(7-12)21(22)23/h1-8,19H,9H2. The highest BCUT2D eigenvalue weighted by molar-refractivity contribution is 6.32. The molecule has 122 valence electrons. The van der Waals surface area contributed by atoms with Crippen LogP contribution in [0.1, 0.15) is 5.89 Å². The van der Waals surface area contributed by atoms with Crippen molar-refractivity contribution in [2.24, 2.45) is 0 Å². The molecule has 0 saturated heterocycles. The summed E-state index contributed by atoms with van der Waals surface area (Å²) in [6.45, 7) is 0.284. The second-order valence-corrected chi connectivity index (χ2v) is 5.75. The largest absolute Gasteiger partial charge is 0.439 e. The van der Waals surface area contributed by atoms with Crippen molar-refractivity contribution in [2.75, 3.05) is 5.32 Å². The van der Waals surface area contributed by atoms with Crippen LogP contribution in [0.3, 0.4) is 0 Å². The molecule has 0 fully saturated rings. The third kappa shape index (κ3) is 3.67. The molecule has 8 heteroatoms. The van der Waals surface area contributed by atoms with E-state index in [4.69, 9.17) is 27.6 Å². The molecule has 3 aromatic rings. The maximum Gasteiger partial charge on any atom is 0.289 e. The first-order valence-electron chi connectivity index (χ1n) is 6.91. The van der Waals surface area contributed by atoms with Gasteiger partial charge < -0.3 is 9.73 Å². The van der Waals surface area contributed by atoms with Gasteiger partial charge in [0.2, 0.25) is 5.89 Å². The van der Waals surface area contributed by atoms with Gasteiger partial charge in [0.05, 0.1) is 17.7 Å². The lowest BCUT2D eigenvalue weighted by molar-refractivity contribution is -0.384. The highest BCUT2D eigenvalue weighted by atomic mass is 35.5. The predicted octanol–water partition coefficient (Wildman–Crippen LogP) is 5.17. The molecule has 2 aromatic carbocycles. The average Bonchev–Trinajstić information content (AvgIpc) is 3.03. The normalized spacial score (nSPS) is 10.6. The quantitative estimate of drug-likeness (QED) is 0.499. The summed E-state index contributed by atoms with van der Waals surface area (Å²) >= 11 is 11.6. The molecule has 0 aliphatic carbocycles. The summed E-state index contributed by atoms with van der Waals surface area (Å²) in [5.41, 5.74) is 1.26. The van der Waals surface area contributed by atoms with E-state index in [1.165, 1.54) is 12.1 Å². The summed E-state index contributed by atoms with van der Waals surface area (Å²) in [6, 6.07) is 11.7. The van der Waals surface area contributed by atoms with Gasteiger partial charge in [0.25, 0.3) is 5.69 Å². The zero-order chi connectivity index (χ0) is 17.1. The number of halogens is 2. The summed E-state index contributed by atoms with van der Waals surface area (Å²) in [7, 11) is 0. The van der Waals surface area contributed by atoms with E-state index in [0.29, 0.717) is 22.4 Å². The van der Waals surface area contributed by atoms with Gasteiger partial charge in [-0.3, -0.25) is 10.1 Å². The van der Waals surface area contributed by atoms with Gasteiger partial charge in [-0.05, 0) is 36.4 Å². The fourth-order valence-corrected chi connectivity index (χ4v) is 2.39. The van der Waals surface area contributed by atoms with E-state index in [1.807, 2.05) is 12.1 Å². The maximum absolute atomic E-state index is 10.9. The molecule has 0 aliphatic heterocycles. The van der Waals surface area contributed by atoms with Crippen molar-refractivity contribution < 1.29 is 9.34 Å². The molecule has 0 aliphatic rings. The molecule has 1 N–H and O–H groups in total. The van der Waals surface area contributed by atoms with Gasteiger partial charge in [0.15, 0.2) is 5.76 Å². The van der Waals surface area contributed by atoms with Crippen LogP contribution in [0.2, 0.25) is 10.0 Å². The monoisotopic (exact) mass is 363 g/mol. The second kappa shape index (κ2) is 6.90. The molecule has 0 amide bonds. The Labute approximate surface area is 147 Å². The Balaban J connectivity index is 1.71. The van der Waals surface area contributed by atoms with Crippen LogP contribution in [0, 0.1) is 10.1 Å². The van der Waals surface area contributed by atoms with E-state index < -0.39 is 4.92 Å². The molecular formula is C16H11Cl2N3O3. The van der Waals surface area contributed by atoms with Crippen LogP contribution in [0.25, 0.3) is 11.3 Å². The van der Waals surface area contributed by atoms with Crippen LogP contribution < -0.4 is 5.32 Å². The second-order valence-electron chi connectivity index (χ2n) is 4.90. The fourth-order valence-electron chi connectivity index (χ4n) is 2.08. The number of nitro groups is 1. The Kier molecular flexibility index (Phi) is 4.69. The van der Waals surface area contributed by atoms with Crippen molar-refractivity contribution in [3.05, 3.63) is 74.7 Å². The average molecular weight is 364 g/mol. The molecule has 0 radical (unpaired) electrons. The molecule has 0 spiro atoms. The molecule has 3 rings (SSSR count). The van der Waals surface area contributed by atoms with Crippen LogP contribution in [0.5, 0.6) is 0 Å². The third-order valence-corrected chi connectivity index (χ3v) is 3.84. The Morgan fingerprint density at radius 1 is 1.17 bits per heavy atom. The van der Waals surface area contributed by atoms with E-state index in [2.05, 4.69) is 10.3 Å². The van der Waals surface area contributed by atoms with Gasteiger partial charge >= 0.3 is 0 Å². The van der Waals surface area contributed by atoms with Gasteiger partial charge in [0, 0.05) is 22.3 Å². The van der Waals surface area contributed by atoms with Crippen molar-refractivity contribution in [1.29, 1.82) is 0 Å². The number of benzene rings is 2. The zero-order valence-electron chi connectivity index (χ0n) is 12.2. The number of oxazole rings is 1. The molecule has 0 bridgehead atoms. The molecule has 1 heterocycles. The van der Waals surface area contributed by atoms with Crippen LogP contribution in [-0.4, -0.2) is 9.91 Å². The van der Waals surface area contributed by atoms with Gasteiger partial charge in [-0.2, -0.15) is 0 Å². The van der Waals surface area contributed by atoms with Crippen molar-refractivity contribution in [1.82, 2.24) is 4.98 Å². The molecular weight excluding hydrogens is 353 g/mol. The lowest BCUT2D eigenvalue weighted by Crippen LogP contribution is -2.00. The van der Waals surface area contributed by atoms with Crippen LogP contribution in [0.4, 0.5) is 11.4 Å². The van der Waals surface area contributed by atoms with Gasteiger partial charge in [-0.15, -0.1) is 0 Å². The number of aromatic nitrogens is 1. The smallest absolute Gasteiger partial charge is 0.289 e. The lowest BCUT2D eigenvalue weighted by Gasteiger charge is -2.04. The van der Waals surface area contributed by atoms with Crippen LogP contribution in [-0.2, 0) is 6.54 Å². The highest BCUT2D eigenvalue weighted by Gasteiger charge is 2.13. The van der Waals surface area contributed by atoms with Crippen molar-refractivity contribution in [3.8, 4) is 11.3 Å². The minimum atomic E-state index is -0.530. The highest BCUT2D eigenvalue weighted by Crippen LogP contribution is 2.28. The summed E-state index contributed by atoms with van der Waals surface area (Å²) in [5, 5.41) is 14.6. The van der Waals surface area contributed by atoms with E-state index in [1.54, 1.807) is 24.4 Å². The predicted molar refractivity (Wildman–Crippen MR) is 92.4 cm³/mol. The molecule has 0 unspecified atom stereocenters. The van der Waals surface area contributed by atoms with E-state index in [9.17, 15) is 10.1 Å². The first kappa shape index (κ1) is 16.3. The van der Waals surface area contributed by atoms with Gasteiger partial charge in [-0.1, -0.05) is 23.2 Å². The number of nitro benzene ring substituents is 1. The maximum atomic E-state index is 10.9. The SMILES string of the molecule is O=[N+]([O-])c1cc(NCc2ncc(-c3ccc(Cl)cc3)o2)ccc1Cl. The Morgan fingerprint density at radius 3 is 2.62 bits per heavy atom. The van der Waals surface area contributed by atoms with Crippen LogP contribution >= 0.6 is 23.2 Å².